The standard InChI is InChI=1S/C12H11N5O2/c18-12(19)9-2-3-10-11(8-9)17(15-14-10)7-6-16-5-1-4-13-16/h1-5,8H,6-7H2,(H,18,19). The summed E-state index contributed by atoms with van der Waals surface area (Å²) in [6.45, 7) is 1.24. The van der Waals surface area contributed by atoms with Gasteiger partial charge in [-0.3, -0.25) is 4.68 Å². The average Bonchev–Trinajstić information content (AvgIpc) is 3.05. The Morgan fingerprint density at radius 1 is 1.32 bits per heavy atom. The highest BCUT2D eigenvalue weighted by molar-refractivity contribution is 5.92. The number of carbonyl (C=O) groups is 1. The van der Waals surface area contributed by atoms with Gasteiger partial charge >= 0.3 is 5.97 Å². The third-order valence-corrected chi connectivity index (χ3v) is 2.86. The summed E-state index contributed by atoms with van der Waals surface area (Å²) in [5, 5.41) is 21.1. The number of carboxylic acids is 1. The molecule has 0 amide bonds. The monoisotopic (exact) mass is 257 g/mol. The molecule has 1 N–H and O–H groups in total. The molecule has 0 aliphatic heterocycles. The van der Waals surface area contributed by atoms with Crippen LogP contribution in [-0.2, 0) is 13.1 Å². The average molecular weight is 257 g/mol. The highest BCUT2D eigenvalue weighted by Crippen LogP contribution is 2.13. The van der Waals surface area contributed by atoms with E-state index in [1.54, 1.807) is 27.7 Å². The highest BCUT2D eigenvalue weighted by Gasteiger charge is 2.09. The summed E-state index contributed by atoms with van der Waals surface area (Å²) in [6, 6.07) is 6.62. The highest BCUT2D eigenvalue weighted by atomic mass is 16.4. The topological polar surface area (TPSA) is 85.8 Å². The predicted molar refractivity (Wildman–Crippen MR) is 66.7 cm³/mol. The summed E-state index contributed by atoms with van der Waals surface area (Å²) in [5.41, 5.74) is 1.63. The van der Waals surface area contributed by atoms with Gasteiger partial charge in [0, 0.05) is 12.4 Å². The summed E-state index contributed by atoms with van der Waals surface area (Å²) >= 11 is 0. The molecule has 0 saturated carbocycles. The molecule has 7 nitrogen and oxygen atoms in total. The van der Waals surface area contributed by atoms with Crippen molar-refractivity contribution >= 4 is 17.0 Å². The van der Waals surface area contributed by atoms with Crippen LogP contribution >= 0.6 is 0 Å². The quantitative estimate of drug-likeness (QED) is 0.754. The number of nitrogens with zero attached hydrogens (tertiary/aromatic N) is 5. The second-order valence-corrected chi connectivity index (χ2v) is 4.09. The molecule has 19 heavy (non-hydrogen) atoms. The minimum Gasteiger partial charge on any atom is -0.478 e. The molecule has 0 aliphatic rings. The van der Waals surface area contributed by atoms with E-state index in [0.717, 1.165) is 0 Å². The van der Waals surface area contributed by atoms with Crippen LogP contribution in [0.4, 0.5) is 0 Å². The van der Waals surface area contributed by atoms with Crippen molar-refractivity contribution in [3.63, 3.8) is 0 Å². The summed E-state index contributed by atoms with van der Waals surface area (Å²) in [4.78, 5) is 11.0. The SMILES string of the molecule is O=C(O)c1ccc2nnn(CCn3cccn3)c2c1. The molecule has 1 aromatic carbocycles. The van der Waals surface area contributed by atoms with E-state index in [0.29, 0.717) is 24.1 Å². The van der Waals surface area contributed by atoms with Gasteiger partial charge in [-0.15, -0.1) is 5.10 Å². The van der Waals surface area contributed by atoms with Gasteiger partial charge in [0.2, 0.25) is 0 Å². The fraction of sp³-hybridized carbons (Fsp3) is 0.167. The van der Waals surface area contributed by atoms with Crippen molar-refractivity contribution in [3.8, 4) is 0 Å². The number of aromatic nitrogens is 5. The molecule has 96 valence electrons. The summed E-state index contributed by atoms with van der Waals surface area (Å²) < 4.78 is 3.47. The number of hydrogen-bond acceptors (Lipinski definition) is 4. The van der Waals surface area contributed by atoms with Gasteiger partial charge in [0.15, 0.2) is 0 Å². The molecule has 7 heteroatoms. The molecule has 0 bridgehead atoms. The molecule has 0 unspecified atom stereocenters. The lowest BCUT2D eigenvalue weighted by Crippen LogP contribution is -2.09. The van der Waals surface area contributed by atoms with Gasteiger partial charge in [0.05, 0.1) is 24.2 Å². The molecule has 2 aromatic heterocycles. The predicted octanol–water partition coefficient (Wildman–Crippen LogP) is 1.03. The number of fused-ring (bicyclic) bond motifs is 1. The van der Waals surface area contributed by atoms with Gasteiger partial charge in [-0.25, -0.2) is 9.48 Å². The van der Waals surface area contributed by atoms with Gasteiger partial charge in [-0.2, -0.15) is 5.10 Å². The summed E-state index contributed by atoms with van der Waals surface area (Å²) in [5.74, 6) is -0.957. The maximum absolute atomic E-state index is 11.0. The first kappa shape index (κ1) is 11.4. The van der Waals surface area contributed by atoms with E-state index in [1.165, 1.54) is 6.07 Å². The zero-order valence-corrected chi connectivity index (χ0v) is 9.97. The summed E-state index contributed by atoms with van der Waals surface area (Å²) in [7, 11) is 0. The molecule has 3 aromatic rings. The number of aromatic carboxylic acids is 1. The first-order chi connectivity index (χ1) is 9.24. The van der Waals surface area contributed by atoms with Crippen molar-refractivity contribution in [3.05, 3.63) is 42.2 Å². The Bertz CT molecular complexity index is 717. The summed E-state index contributed by atoms with van der Waals surface area (Å²) in [6.07, 6.45) is 3.57. The number of aryl methyl sites for hydroxylation is 2. The van der Waals surface area contributed by atoms with Crippen LogP contribution in [0.15, 0.2) is 36.7 Å². The Hall–Kier alpha value is -2.70. The van der Waals surface area contributed by atoms with E-state index in [4.69, 9.17) is 5.11 Å². The molecule has 2 heterocycles. The van der Waals surface area contributed by atoms with Crippen LogP contribution in [0.1, 0.15) is 10.4 Å². The van der Waals surface area contributed by atoms with Crippen LogP contribution in [0.2, 0.25) is 0 Å². The van der Waals surface area contributed by atoms with Gasteiger partial charge in [0.1, 0.15) is 5.52 Å². The van der Waals surface area contributed by atoms with E-state index < -0.39 is 5.97 Å². The van der Waals surface area contributed by atoms with E-state index in [-0.39, 0.29) is 5.56 Å². The number of hydrogen-bond donors (Lipinski definition) is 1. The van der Waals surface area contributed by atoms with Crippen molar-refractivity contribution in [1.82, 2.24) is 24.8 Å². The van der Waals surface area contributed by atoms with E-state index in [2.05, 4.69) is 15.4 Å². The zero-order valence-electron chi connectivity index (χ0n) is 9.97. The molecule has 0 atom stereocenters. The first-order valence-corrected chi connectivity index (χ1v) is 5.78. The minimum atomic E-state index is -0.957. The van der Waals surface area contributed by atoms with Gasteiger partial charge in [0.25, 0.3) is 0 Å². The second-order valence-electron chi connectivity index (χ2n) is 4.09. The molecule has 0 saturated heterocycles. The number of carboxylic acid groups (broad SMARTS) is 1. The number of benzene rings is 1. The van der Waals surface area contributed by atoms with Crippen molar-refractivity contribution in [2.24, 2.45) is 0 Å². The van der Waals surface area contributed by atoms with Gasteiger partial charge in [-0.1, -0.05) is 5.21 Å². The van der Waals surface area contributed by atoms with Crippen LogP contribution in [0.3, 0.4) is 0 Å². The molecule has 0 fully saturated rings. The van der Waals surface area contributed by atoms with E-state index >= 15 is 0 Å². The lowest BCUT2D eigenvalue weighted by molar-refractivity contribution is 0.0697. The van der Waals surface area contributed by atoms with Crippen molar-refractivity contribution in [2.45, 2.75) is 13.1 Å². The lowest BCUT2D eigenvalue weighted by Gasteiger charge is -2.03. The third kappa shape index (κ3) is 2.17. The van der Waals surface area contributed by atoms with Crippen LogP contribution in [0.5, 0.6) is 0 Å². The number of rotatable bonds is 4. The van der Waals surface area contributed by atoms with Crippen molar-refractivity contribution in [2.75, 3.05) is 0 Å². The molecule has 0 aliphatic carbocycles. The zero-order chi connectivity index (χ0) is 13.2. The Kier molecular flexibility index (Phi) is 2.71. The largest absolute Gasteiger partial charge is 0.478 e. The molecule has 0 spiro atoms. The molecular formula is C12H11N5O2. The Balaban J connectivity index is 1.90. The fourth-order valence-corrected chi connectivity index (χ4v) is 1.89. The maximum Gasteiger partial charge on any atom is 0.335 e. The van der Waals surface area contributed by atoms with Crippen LogP contribution in [0.25, 0.3) is 11.0 Å². The first-order valence-electron chi connectivity index (χ1n) is 5.78. The molecule has 3 rings (SSSR count). The normalized spacial score (nSPS) is 10.9. The smallest absolute Gasteiger partial charge is 0.335 e. The minimum absolute atomic E-state index is 0.232. The van der Waals surface area contributed by atoms with Crippen LogP contribution < -0.4 is 0 Å². The van der Waals surface area contributed by atoms with Gasteiger partial charge in [-0.05, 0) is 24.3 Å². The van der Waals surface area contributed by atoms with E-state index in [1.807, 2.05) is 12.3 Å². The fourth-order valence-electron chi connectivity index (χ4n) is 1.89. The second kappa shape index (κ2) is 4.52. The maximum atomic E-state index is 11.0. The van der Waals surface area contributed by atoms with Crippen molar-refractivity contribution < 1.29 is 9.90 Å². The third-order valence-electron chi connectivity index (χ3n) is 2.86. The van der Waals surface area contributed by atoms with Crippen LogP contribution in [0, 0.1) is 0 Å². The Labute approximate surface area is 108 Å². The lowest BCUT2D eigenvalue weighted by atomic mass is 10.2. The Morgan fingerprint density at radius 3 is 2.95 bits per heavy atom. The van der Waals surface area contributed by atoms with Crippen molar-refractivity contribution in [1.29, 1.82) is 0 Å². The van der Waals surface area contributed by atoms with Crippen LogP contribution in [-0.4, -0.2) is 35.9 Å². The van der Waals surface area contributed by atoms with Gasteiger partial charge < -0.3 is 5.11 Å². The molecular weight excluding hydrogens is 246 g/mol. The van der Waals surface area contributed by atoms with E-state index in [9.17, 15) is 4.79 Å². The molecule has 0 radical (unpaired) electrons. The Morgan fingerprint density at radius 2 is 2.21 bits per heavy atom.